The third-order valence-corrected chi connectivity index (χ3v) is 6.60. The maximum atomic E-state index is 11.3. The molecule has 3 aliphatic heterocycles. The quantitative estimate of drug-likeness (QED) is 0.130. The van der Waals surface area contributed by atoms with Crippen molar-refractivity contribution < 1.29 is 64.5 Å². The van der Waals surface area contributed by atoms with Crippen molar-refractivity contribution in [3.63, 3.8) is 0 Å². The van der Waals surface area contributed by atoms with Crippen LogP contribution in [0.5, 0.6) is 0 Å². The van der Waals surface area contributed by atoms with Crippen LogP contribution in [0.4, 0.5) is 0 Å². The lowest BCUT2D eigenvalue weighted by atomic mass is 9.92. The van der Waals surface area contributed by atoms with E-state index in [-0.39, 0.29) is 0 Å². The van der Waals surface area contributed by atoms with Crippen LogP contribution in [0.3, 0.4) is 0 Å². The van der Waals surface area contributed by atoms with Gasteiger partial charge in [-0.3, -0.25) is 0 Å². The van der Waals surface area contributed by atoms with E-state index in [9.17, 15) is 45.8 Å². The first-order valence-electron chi connectivity index (χ1n) is 11.1. The molecular formula is C18H34N4O14. The van der Waals surface area contributed by atoms with Gasteiger partial charge in [0, 0.05) is 0 Å². The van der Waals surface area contributed by atoms with E-state index in [1.807, 2.05) is 0 Å². The molecule has 3 rings (SSSR count). The van der Waals surface area contributed by atoms with E-state index in [0.29, 0.717) is 0 Å². The molecule has 0 radical (unpaired) electrons. The average molecular weight is 530 g/mol. The van der Waals surface area contributed by atoms with Gasteiger partial charge < -0.3 is 81.7 Å². The highest BCUT2D eigenvalue weighted by Crippen LogP contribution is 2.34. The first-order chi connectivity index (χ1) is 17.0. The van der Waals surface area contributed by atoms with Crippen LogP contribution in [0.25, 0.3) is 0 Å². The smallest absolute Gasteiger partial charge is 0.254 e. The molecule has 0 aromatic rings. The van der Waals surface area contributed by atoms with Gasteiger partial charge in [-0.1, -0.05) is 0 Å². The van der Waals surface area contributed by atoms with Gasteiger partial charge in [0.25, 0.3) is 5.72 Å². The summed E-state index contributed by atoms with van der Waals surface area (Å²) in [5, 5.41) is 82.7. The molecule has 15 atom stereocenters. The Morgan fingerprint density at radius 1 is 0.750 bits per heavy atom. The molecule has 0 bridgehead atoms. The molecule has 0 aliphatic carbocycles. The fourth-order valence-electron chi connectivity index (χ4n) is 4.30. The first kappa shape index (κ1) is 29.5. The molecule has 3 fully saturated rings. The molecule has 0 aromatic heterocycles. The molecular weight excluding hydrogens is 496 g/mol. The van der Waals surface area contributed by atoms with Crippen LogP contribution in [-0.2, 0) is 23.7 Å². The van der Waals surface area contributed by atoms with E-state index in [1.54, 1.807) is 0 Å². The molecule has 2 unspecified atom stereocenters. The molecule has 36 heavy (non-hydrogen) atoms. The van der Waals surface area contributed by atoms with Gasteiger partial charge in [0.15, 0.2) is 18.9 Å². The molecule has 3 saturated heterocycles. The van der Waals surface area contributed by atoms with Crippen molar-refractivity contribution >= 4 is 0 Å². The molecule has 0 saturated carbocycles. The number of nitrogens with two attached hydrogens (primary N) is 3. The summed E-state index contributed by atoms with van der Waals surface area (Å²) < 4.78 is 27.1. The standard InChI is InChI=1S/C18H34N4O14/c19-6-9(26)12(4(1-23)32-15(6)30)34-16-7(20)10(27)13(5(2-24)33-16)35-17-8(21)11(28)14(29)18(3-25,22-31)36-17/h4-17,23-30H,1-3,19-21H2/t4-,5-,6-,7-,8-,9-,10-,11-,12?,13?,14+,15-,16+,17+,18-/m1/s1. The average Bonchev–Trinajstić information content (AvgIpc) is 2.88. The molecule has 18 nitrogen and oxygen atoms in total. The predicted octanol–water partition coefficient (Wildman–Crippen LogP) is -7.58. The van der Waals surface area contributed by atoms with E-state index in [4.69, 9.17) is 40.9 Å². The second kappa shape index (κ2) is 11.8. The molecule has 3 heterocycles. The maximum absolute atomic E-state index is 11.3. The zero-order valence-electron chi connectivity index (χ0n) is 18.9. The van der Waals surface area contributed by atoms with Crippen molar-refractivity contribution in [1.82, 2.24) is 0 Å². The van der Waals surface area contributed by atoms with Crippen molar-refractivity contribution in [1.29, 1.82) is 0 Å². The third-order valence-electron chi connectivity index (χ3n) is 6.60. The Labute approximate surface area is 204 Å². The van der Waals surface area contributed by atoms with Gasteiger partial charge in [-0.2, -0.15) is 0 Å². The van der Waals surface area contributed by atoms with E-state index in [1.165, 1.54) is 0 Å². The summed E-state index contributed by atoms with van der Waals surface area (Å²) >= 11 is 0. The minimum Gasteiger partial charge on any atom is -0.394 e. The van der Waals surface area contributed by atoms with Crippen LogP contribution in [0.2, 0.25) is 0 Å². The van der Waals surface area contributed by atoms with E-state index < -0.39 is 111 Å². The van der Waals surface area contributed by atoms with Gasteiger partial charge in [0.2, 0.25) is 0 Å². The van der Waals surface area contributed by atoms with Crippen LogP contribution >= 0.6 is 0 Å². The Hall–Kier alpha value is -1.04. The number of hydrogen-bond acceptors (Lipinski definition) is 18. The Bertz CT molecular complexity index is 738. The van der Waals surface area contributed by atoms with E-state index in [2.05, 4.69) is 5.18 Å². The molecule has 210 valence electrons. The first-order valence-corrected chi connectivity index (χ1v) is 11.1. The van der Waals surface area contributed by atoms with E-state index >= 15 is 0 Å². The van der Waals surface area contributed by atoms with Crippen LogP contribution in [0.15, 0.2) is 5.18 Å². The number of aliphatic hydroxyl groups is 8. The summed E-state index contributed by atoms with van der Waals surface area (Å²) in [6.45, 7) is -2.62. The minimum atomic E-state index is -2.53. The van der Waals surface area contributed by atoms with Crippen LogP contribution in [0, 0.1) is 4.91 Å². The number of nitrogens with zero attached hydrogens (tertiary/aromatic N) is 1. The van der Waals surface area contributed by atoms with Gasteiger partial charge in [-0.25, -0.2) is 0 Å². The minimum absolute atomic E-state index is 0.687. The molecule has 14 N–H and O–H groups in total. The zero-order chi connectivity index (χ0) is 26.9. The molecule has 0 spiro atoms. The summed E-state index contributed by atoms with van der Waals surface area (Å²) in [6.07, 6.45) is -17.4. The Kier molecular flexibility index (Phi) is 9.66. The predicted molar refractivity (Wildman–Crippen MR) is 112 cm³/mol. The second-order valence-corrected chi connectivity index (χ2v) is 8.90. The van der Waals surface area contributed by atoms with Crippen molar-refractivity contribution in [2.75, 3.05) is 19.8 Å². The Morgan fingerprint density at radius 2 is 1.25 bits per heavy atom. The lowest BCUT2D eigenvalue weighted by Gasteiger charge is -2.49. The number of nitroso groups, excluding NO2 is 1. The number of aliphatic hydroxyl groups excluding tert-OH is 8. The summed E-state index contributed by atoms with van der Waals surface area (Å²) in [7, 11) is 0. The second-order valence-electron chi connectivity index (χ2n) is 8.90. The number of rotatable bonds is 8. The maximum Gasteiger partial charge on any atom is 0.254 e. The van der Waals surface area contributed by atoms with Crippen LogP contribution < -0.4 is 17.2 Å². The summed E-state index contributed by atoms with van der Waals surface area (Å²) in [5.41, 5.74) is 15.0. The Morgan fingerprint density at radius 3 is 1.78 bits per heavy atom. The highest BCUT2D eigenvalue weighted by atomic mass is 16.7. The van der Waals surface area contributed by atoms with E-state index in [0.717, 1.165) is 0 Å². The van der Waals surface area contributed by atoms with Gasteiger partial charge >= 0.3 is 0 Å². The van der Waals surface area contributed by atoms with Crippen molar-refractivity contribution in [2.24, 2.45) is 22.4 Å². The largest absolute Gasteiger partial charge is 0.394 e. The SMILES string of the molecule is N[C@H]1[C@@H](OC2[C@@H](CO)O[C@@H](OC3[C@@H](CO)O[C@@H](O)[C@H](N)[C@H]3O)[C@H](N)[C@H]2O)O[C@@](CO)(N=O)[C@@H](O)[C@@H]1O. The summed E-state index contributed by atoms with van der Waals surface area (Å²) in [4.78, 5) is 11.3. The topological polar surface area (TPSA) is 315 Å². The monoisotopic (exact) mass is 530 g/mol. The normalized spacial score (nSPS) is 52.2. The zero-order valence-corrected chi connectivity index (χ0v) is 18.9. The molecule has 0 amide bonds. The molecule has 18 heteroatoms. The summed E-state index contributed by atoms with van der Waals surface area (Å²) in [6, 6.07) is -4.22. The van der Waals surface area contributed by atoms with Crippen LogP contribution in [0.1, 0.15) is 0 Å². The van der Waals surface area contributed by atoms with Crippen molar-refractivity contribution in [3.05, 3.63) is 4.91 Å². The third kappa shape index (κ3) is 5.27. The fourth-order valence-corrected chi connectivity index (χ4v) is 4.30. The van der Waals surface area contributed by atoms with Gasteiger partial charge in [0.05, 0.1) is 37.9 Å². The highest BCUT2D eigenvalue weighted by molar-refractivity contribution is 5.02. The summed E-state index contributed by atoms with van der Waals surface area (Å²) in [5.74, 6) is 0. The Balaban J connectivity index is 1.76. The lowest BCUT2D eigenvalue weighted by Crippen LogP contribution is -2.71. The molecule has 0 aromatic carbocycles. The highest BCUT2D eigenvalue weighted by Gasteiger charge is 2.57. The number of ether oxygens (including phenoxy) is 5. The van der Waals surface area contributed by atoms with Gasteiger partial charge in [-0.05, 0) is 5.18 Å². The lowest BCUT2D eigenvalue weighted by molar-refractivity contribution is -0.359. The van der Waals surface area contributed by atoms with Crippen molar-refractivity contribution in [3.8, 4) is 0 Å². The number of hydrogen-bond donors (Lipinski definition) is 11. The van der Waals surface area contributed by atoms with Gasteiger partial charge in [-0.15, -0.1) is 4.91 Å². The van der Waals surface area contributed by atoms with Gasteiger partial charge in [0.1, 0.15) is 48.8 Å². The van der Waals surface area contributed by atoms with Crippen molar-refractivity contribution in [2.45, 2.75) is 91.6 Å². The van der Waals surface area contributed by atoms with Crippen LogP contribution in [-0.4, -0.2) is 152 Å². The molecule has 3 aliphatic rings. The fraction of sp³-hybridized carbons (Fsp3) is 1.00.